The SMILES string of the molecule is COc1cc2c(cc1OCC1COc3ccc(F)cc3O1)CC(C(C)C)n1cc(C(=O)O)c(=O)cc1-2. The first-order valence-electron chi connectivity index (χ1n) is 11.7. The molecule has 5 rings (SSSR count). The van der Waals surface area contributed by atoms with E-state index in [0.29, 0.717) is 35.1 Å². The molecule has 2 unspecified atom stereocenters. The molecule has 3 aromatic rings. The molecule has 0 aliphatic carbocycles. The Morgan fingerprint density at radius 3 is 2.72 bits per heavy atom. The van der Waals surface area contributed by atoms with Crippen molar-refractivity contribution in [3.05, 3.63) is 69.8 Å². The van der Waals surface area contributed by atoms with Gasteiger partial charge in [-0.2, -0.15) is 0 Å². The molecular formula is C27H26FNO7. The second kappa shape index (κ2) is 9.22. The number of carbonyl (C=O) groups is 1. The molecule has 188 valence electrons. The van der Waals surface area contributed by atoms with Gasteiger partial charge in [-0.1, -0.05) is 13.8 Å². The summed E-state index contributed by atoms with van der Waals surface area (Å²) in [6.07, 6.45) is 1.61. The van der Waals surface area contributed by atoms with E-state index in [4.69, 9.17) is 18.9 Å². The molecule has 36 heavy (non-hydrogen) atoms. The maximum absolute atomic E-state index is 13.6. The van der Waals surface area contributed by atoms with Gasteiger partial charge in [0, 0.05) is 29.9 Å². The average Bonchev–Trinajstić information content (AvgIpc) is 2.85. The van der Waals surface area contributed by atoms with E-state index in [-0.39, 0.29) is 30.7 Å². The van der Waals surface area contributed by atoms with E-state index in [1.807, 2.05) is 10.6 Å². The van der Waals surface area contributed by atoms with Crippen LogP contribution in [-0.4, -0.2) is 42.1 Å². The lowest BCUT2D eigenvalue weighted by atomic mass is 9.87. The van der Waals surface area contributed by atoms with Crippen LogP contribution in [0.1, 0.15) is 35.8 Å². The topological polar surface area (TPSA) is 96.2 Å². The zero-order valence-corrected chi connectivity index (χ0v) is 20.1. The summed E-state index contributed by atoms with van der Waals surface area (Å²) in [6, 6.07) is 9.14. The number of aromatic nitrogens is 1. The fraction of sp³-hybridized carbons (Fsp3) is 0.333. The highest BCUT2D eigenvalue weighted by molar-refractivity contribution is 5.88. The zero-order valence-electron chi connectivity index (χ0n) is 20.1. The fourth-order valence-electron chi connectivity index (χ4n) is 4.72. The molecule has 1 N–H and O–H groups in total. The van der Waals surface area contributed by atoms with Crippen LogP contribution in [0.3, 0.4) is 0 Å². The summed E-state index contributed by atoms with van der Waals surface area (Å²) in [5.41, 5.74) is 1.58. The number of ether oxygens (including phenoxy) is 4. The number of carboxylic acids is 1. The fourth-order valence-corrected chi connectivity index (χ4v) is 4.72. The van der Waals surface area contributed by atoms with Crippen LogP contribution in [0.25, 0.3) is 11.3 Å². The van der Waals surface area contributed by atoms with Crippen molar-refractivity contribution in [1.82, 2.24) is 4.57 Å². The molecule has 9 heteroatoms. The van der Waals surface area contributed by atoms with Crippen molar-refractivity contribution in [2.24, 2.45) is 5.92 Å². The van der Waals surface area contributed by atoms with E-state index in [9.17, 15) is 19.1 Å². The molecule has 0 saturated heterocycles. The van der Waals surface area contributed by atoms with Crippen molar-refractivity contribution in [3.8, 4) is 34.3 Å². The monoisotopic (exact) mass is 495 g/mol. The third-order valence-corrected chi connectivity index (χ3v) is 6.58. The molecule has 0 bridgehead atoms. The summed E-state index contributed by atoms with van der Waals surface area (Å²) in [5.74, 6) is 0.301. The van der Waals surface area contributed by atoms with Gasteiger partial charge < -0.3 is 28.6 Å². The van der Waals surface area contributed by atoms with Crippen molar-refractivity contribution in [3.63, 3.8) is 0 Å². The van der Waals surface area contributed by atoms with Crippen molar-refractivity contribution >= 4 is 5.97 Å². The highest BCUT2D eigenvalue weighted by atomic mass is 19.1. The number of rotatable bonds is 6. The average molecular weight is 496 g/mol. The molecule has 0 fully saturated rings. The lowest BCUT2D eigenvalue weighted by Gasteiger charge is -2.34. The van der Waals surface area contributed by atoms with Crippen LogP contribution in [0.2, 0.25) is 0 Å². The van der Waals surface area contributed by atoms with Gasteiger partial charge in [0.05, 0.1) is 12.8 Å². The number of nitrogens with zero attached hydrogens (tertiary/aromatic N) is 1. The molecule has 2 atom stereocenters. The first-order chi connectivity index (χ1) is 17.2. The van der Waals surface area contributed by atoms with E-state index >= 15 is 0 Å². The van der Waals surface area contributed by atoms with Crippen LogP contribution >= 0.6 is 0 Å². The summed E-state index contributed by atoms with van der Waals surface area (Å²) < 4.78 is 38.6. The first kappa shape index (κ1) is 23.7. The minimum absolute atomic E-state index is 0.0473. The van der Waals surface area contributed by atoms with E-state index in [1.165, 1.54) is 37.6 Å². The molecule has 0 saturated carbocycles. The molecule has 0 spiro atoms. The summed E-state index contributed by atoms with van der Waals surface area (Å²) in [4.78, 5) is 24.1. The molecule has 2 aliphatic heterocycles. The van der Waals surface area contributed by atoms with Crippen LogP contribution in [0.4, 0.5) is 4.39 Å². The van der Waals surface area contributed by atoms with E-state index in [0.717, 1.165) is 11.1 Å². The van der Waals surface area contributed by atoms with Crippen LogP contribution in [0.15, 0.2) is 47.4 Å². The zero-order chi connectivity index (χ0) is 25.6. The van der Waals surface area contributed by atoms with Crippen molar-refractivity contribution in [2.45, 2.75) is 32.4 Å². The van der Waals surface area contributed by atoms with Gasteiger partial charge in [-0.05, 0) is 42.2 Å². The molecular weight excluding hydrogens is 469 g/mol. The number of pyridine rings is 1. The third-order valence-electron chi connectivity index (χ3n) is 6.58. The Bertz CT molecular complexity index is 1400. The summed E-state index contributed by atoms with van der Waals surface area (Å²) in [6.45, 7) is 4.51. The van der Waals surface area contributed by atoms with Gasteiger partial charge in [0.1, 0.15) is 24.6 Å². The summed E-state index contributed by atoms with van der Waals surface area (Å²) in [7, 11) is 1.52. The Balaban J connectivity index is 1.46. The number of hydrogen-bond donors (Lipinski definition) is 1. The molecule has 2 aliphatic rings. The number of methoxy groups -OCH3 is 1. The van der Waals surface area contributed by atoms with Crippen molar-refractivity contribution < 1.29 is 33.2 Å². The Morgan fingerprint density at radius 2 is 2.00 bits per heavy atom. The summed E-state index contributed by atoms with van der Waals surface area (Å²) >= 11 is 0. The Labute approximate surface area is 206 Å². The van der Waals surface area contributed by atoms with Gasteiger partial charge >= 0.3 is 5.97 Å². The molecule has 3 heterocycles. The minimum atomic E-state index is -1.25. The maximum Gasteiger partial charge on any atom is 0.341 e. The number of aromatic carboxylic acids is 1. The van der Waals surface area contributed by atoms with Gasteiger partial charge in [-0.15, -0.1) is 0 Å². The Morgan fingerprint density at radius 1 is 1.19 bits per heavy atom. The van der Waals surface area contributed by atoms with Gasteiger partial charge in [0.15, 0.2) is 34.5 Å². The van der Waals surface area contributed by atoms with Crippen LogP contribution in [-0.2, 0) is 6.42 Å². The standard InChI is InChI=1S/C27H26FNO7/c1-14(2)20-6-15-7-25(35-13-17-12-34-23-5-4-16(28)8-26(23)36-17)24(33-3)9-18(15)21-10-22(30)19(27(31)32)11-29(20)21/h4-5,7-11,14,17,20H,6,12-13H2,1-3H3,(H,31,32). The minimum Gasteiger partial charge on any atom is -0.493 e. The van der Waals surface area contributed by atoms with Crippen molar-refractivity contribution in [1.29, 1.82) is 0 Å². The lowest BCUT2D eigenvalue weighted by Crippen LogP contribution is -2.34. The van der Waals surface area contributed by atoms with Crippen molar-refractivity contribution in [2.75, 3.05) is 20.3 Å². The van der Waals surface area contributed by atoms with Crippen LogP contribution in [0.5, 0.6) is 23.0 Å². The molecule has 2 aromatic carbocycles. The Kier molecular flexibility index (Phi) is 6.07. The highest BCUT2D eigenvalue weighted by Crippen LogP contribution is 2.43. The molecule has 8 nitrogen and oxygen atoms in total. The molecule has 0 amide bonds. The second-order valence-corrected chi connectivity index (χ2v) is 9.28. The second-order valence-electron chi connectivity index (χ2n) is 9.28. The smallest absolute Gasteiger partial charge is 0.341 e. The normalized spacial score (nSPS) is 17.8. The summed E-state index contributed by atoms with van der Waals surface area (Å²) in [5, 5.41) is 9.45. The molecule has 0 radical (unpaired) electrons. The van der Waals surface area contributed by atoms with E-state index < -0.39 is 23.3 Å². The lowest BCUT2D eigenvalue weighted by molar-refractivity contribution is 0.0523. The number of fused-ring (bicyclic) bond motifs is 4. The Hall–Kier alpha value is -4.01. The van der Waals surface area contributed by atoms with E-state index in [2.05, 4.69) is 13.8 Å². The van der Waals surface area contributed by atoms with Gasteiger partial charge in [-0.3, -0.25) is 4.79 Å². The first-order valence-corrected chi connectivity index (χ1v) is 11.7. The van der Waals surface area contributed by atoms with Gasteiger partial charge in [-0.25, -0.2) is 9.18 Å². The van der Waals surface area contributed by atoms with Crippen LogP contribution in [0, 0.1) is 11.7 Å². The van der Waals surface area contributed by atoms with E-state index in [1.54, 1.807) is 6.07 Å². The van der Waals surface area contributed by atoms with Crippen LogP contribution < -0.4 is 24.4 Å². The number of benzene rings is 2. The third kappa shape index (κ3) is 4.25. The quantitative estimate of drug-likeness (QED) is 0.544. The number of carboxylic acid groups (broad SMARTS) is 1. The predicted octanol–water partition coefficient (Wildman–Crippen LogP) is 4.33. The number of halogens is 1. The van der Waals surface area contributed by atoms with Gasteiger partial charge in [0.25, 0.3) is 0 Å². The number of hydrogen-bond acceptors (Lipinski definition) is 6. The molecule has 1 aromatic heterocycles. The maximum atomic E-state index is 13.6. The largest absolute Gasteiger partial charge is 0.493 e. The predicted molar refractivity (Wildman–Crippen MR) is 129 cm³/mol. The van der Waals surface area contributed by atoms with Gasteiger partial charge in [0.2, 0.25) is 0 Å². The highest BCUT2D eigenvalue weighted by Gasteiger charge is 2.30.